The van der Waals surface area contributed by atoms with E-state index in [4.69, 9.17) is 9.47 Å². The number of imide groups is 2. The molecular formula is C40H32N2O6. The predicted molar refractivity (Wildman–Crippen MR) is 181 cm³/mol. The number of amides is 4. The first-order chi connectivity index (χ1) is 23.3. The van der Waals surface area contributed by atoms with Crippen molar-refractivity contribution in [2.75, 3.05) is 9.80 Å². The monoisotopic (exact) mass is 636 g/mol. The van der Waals surface area contributed by atoms with Crippen LogP contribution < -0.4 is 19.3 Å². The van der Waals surface area contributed by atoms with Crippen LogP contribution in [-0.4, -0.2) is 23.6 Å². The smallest absolute Gasteiger partial charge is 0.234 e. The molecule has 2 aliphatic rings. The van der Waals surface area contributed by atoms with Crippen LogP contribution in [0.4, 0.5) is 11.4 Å². The van der Waals surface area contributed by atoms with Gasteiger partial charge in [-0.1, -0.05) is 54.6 Å². The molecule has 0 bridgehead atoms. The average Bonchev–Trinajstić information content (AvgIpc) is 3.64. The number of benzene rings is 5. The third-order valence-corrected chi connectivity index (χ3v) is 8.98. The fourth-order valence-corrected chi connectivity index (χ4v) is 6.31. The quantitative estimate of drug-likeness (QED) is 0.121. The minimum atomic E-state index is -0.495. The van der Waals surface area contributed by atoms with E-state index in [0.29, 0.717) is 34.4 Å². The van der Waals surface area contributed by atoms with E-state index in [1.165, 1.54) is 9.80 Å². The molecule has 2 heterocycles. The third-order valence-electron chi connectivity index (χ3n) is 8.98. The summed E-state index contributed by atoms with van der Waals surface area (Å²) in [6.45, 7) is 2.19. The first-order valence-corrected chi connectivity index (χ1v) is 15.8. The molecule has 0 unspecified atom stereocenters. The summed E-state index contributed by atoms with van der Waals surface area (Å²) >= 11 is 0. The van der Waals surface area contributed by atoms with E-state index in [-0.39, 0.29) is 49.3 Å². The van der Waals surface area contributed by atoms with Crippen LogP contribution in [-0.2, 0) is 24.6 Å². The normalized spacial score (nSPS) is 14.9. The zero-order chi connectivity index (χ0) is 33.3. The number of rotatable bonds is 9. The molecule has 2 fully saturated rings. The molecule has 8 nitrogen and oxygen atoms in total. The first-order valence-electron chi connectivity index (χ1n) is 15.8. The lowest BCUT2D eigenvalue weighted by atomic mass is 9.71. The Morgan fingerprint density at radius 3 is 1.04 bits per heavy atom. The fourth-order valence-electron chi connectivity index (χ4n) is 6.31. The van der Waals surface area contributed by atoms with Crippen molar-refractivity contribution in [1.82, 2.24) is 0 Å². The first kappa shape index (κ1) is 30.6. The van der Waals surface area contributed by atoms with Gasteiger partial charge in [0.1, 0.15) is 23.0 Å². The number of hydrogen-bond acceptors (Lipinski definition) is 6. The molecular weight excluding hydrogens is 604 g/mol. The lowest BCUT2D eigenvalue weighted by molar-refractivity contribution is -0.122. The summed E-state index contributed by atoms with van der Waals surface area (Å²) < 4.78 is 12.2. The minimum absolute atomic E-state index is 0.185. The van der Waals surface area contributed by atoms with E-state index in [2.05, 4.69) is 43.3 Å². The average molecular weight is 637 g/mol. The summed E-state index contributed by atoms with van der Waals surface area (Å²) in [5.41, 5.74) is 3.86. The molecule has 0 N–H and O–H groups in total. The highest BCUT2D eigenvalue weighted by Crippen LogP contribution is 2.41. The van der Waals surface area contributed by atoms with Gasteiger partial charge in [-0.05, 0) is 96.4 Å². The standard InChI is InChI=1S/C40H32N2O6/c1-40(27-5-3-2-4-6-27,28-7-15-32(16-8-28)47-34-19-11-30(12-20-34)41-36(43)23-24-37(41)44)29-9-17-33(18-10-29)48-35-21-13-31(14-22-35)42-38(45)25-26-39(42)46/h2-22H,23-26H2,1H3. The van der Waals surface area contributed by atoms with Crippen LogP contribution in [0.15, 0.2) is 127 Å². The Balaban J connectivity index is 1.09. The minimum Gasteiger partial charge on any atom is -0.457 e. The number of anilines is 2. The van der Waals surface area contributed by atoms with E-state index in [1.807, 2.05) is 42.5 Å². The van der Waals surface area contributed by atoms with E-state index < -0.39 is 5.41 Å². The molecule has 7 rings (SSSR count). The van der Waals surface area contributed by atoms with Gasteiger partial charge in [0.2, 0.25) is 23.6 Å². The number of carbonyl (C=O) groups is 4. The highest BCUT2D eigenvalue weighted by molar-refractivity contribution is 6.20. The zero-order valence-corrected chi connectivity index (χ0v) is 26.3. The number of ether oxygens (including phenoxy) is 2. The van der Waals surface area contributed by atoms with Gasteiger partial charge in [0, 0.05) is 31.1 Å². The Morgan fingerprint density at radius 1 is 0.417 bits per heavy atom. The Bertz CT molecular complexity index is 1830. The molecule has 0 saturated carbocycles. The van der Waals surface area contributed by atoms with Gasteiger partial charge in [-0.15, -0.1) is 0 Å². The molecule has 0 radical (unpaired) electrons. The van der Waals surface area contributed by atoms with Gasteiger partial charge in [-0.25, -0.2) is 0 Å². The molecule has 238 valence electrons. The van der Waals surface area contributed by atoms with Crippen LogP contribution in [0, 0.1) is 0 Å². The van der Waals surface area contributed by atoms with Crippen LogP contribution in [0.1, 0.15) is 49.3 Å². The van der Waals surface area contributed by atoms with E-state index in [9.17, 15) is 19.2 Å². The molecule has 5 aromatic rings. The predicted octanol–water partition coefficient (Wildman–Crippen LogP) is 7.93. The van der Waals surface area contributed by atoms with Crippen molar-refractivity contribution in [3.8, 4) is 23.0 Å². The summed E-state index contributed by atoms with van der Waals surface area (Å²) in [6, 6.07) is 40.1. The topological polar surface area (TPSA) is 93.2 Å². The highest BCUT2D eigenvalue weighted by atomic mass is 16.5. The van der Waals surface area contributed by atoms with Crippen molar-refractivity contribution in [3.63, 3.8) is 0 Å². The van der Waals surface area contributed by atoms with Crippen molar-refractivity contribution < 1.29 is 28.7 Å². The molecule has 0 aliphatic carbocycles. The third kappa shape index (κ3) is 5.84. The van der Waals surface area contributed by atoms with Crippen molar-refractivity contribution >= 4 is 35.0 Å². The number of carbonyl (C=O) groups excluding carboxylic acids is 4. The molecule has 0 atom stereocenters. The van der Waals surface area contributed by atoms with E-state index in [1.54, 1.807) is 48.5 Å². The molecule has 48 heavy (non-hydrogen) atoms. The van der Waals surface area contributed by atoms with Crippen molar-refractivity contribution in [1.29, 1.82) is 0 Å². The van der Waals surface area contributed by atoms with Crippen LogP contribution in [0.25, 0.3) is 0 Å². The molecule has 2 aliphatic heterocycles. The largest absolute Gasteiger partial charge is 0.457 e. The Labute approximate surface area is 278 Å². The SMILES string of the molecule is CC(c1ccccc1)(c1ccc(Oc2ccc(N3C(=O)CCC3=O)cc2)cc1)c1ccc(Oc2ccc(N3C(=O)CCC3=O)cc2)cc1. The number of hydrogen-bond donors (Lipinski definition) is 0. The Kier molecular flexibility index (Phi) is 8.07. The van der Waals surface area contributed by atoms with Gasteiger partial charge in [0.25, 0.3) is 0 Å². The second-order valence-electron chi connectivity index (χ2n) is 12.0. The van der Waals surface area contributed by atoms with Crippen LogP contribution in [0.5, 0.6) is 23.0 Å². The van der Waals surface area contributed by atoms with Gasteiger partial charge in [0.05, 0.1) is 11.4 Å². The molecule has 0 aromatic heterocycles. The maximum atomic E-state index is 12.1. The molecule has 0 spiro atoms. The van der Waals surface area contributed by atoms with Crippen molar-refractivity contribution in [2.45, 2.75) is 38.0 Å². The molecule has 4 amide bonds. The molecule has 8 heteroatoms. The maximum Gasteiger partial charge on any atom is 0.234 e. The van der Waals surface area contributed by atoms with Crippen LogP contribution in [0.2, 0.25) is 0 Å². The summed E-state index contributed by atoms with van der Waals surface area (Å²) in [5.74, 6) is 1.76. The van der Waals surface area contributed by atoms with E-state index in [0.717, 1.165) is 16.7 Å². The second kappa shape index (κ2) is 12.6. The van der Waals surface area contributed by atoms with Crippen LogP contribution >= 0.6 is 0 Å². The van der Waals surface area contributed by atoms with Crippen molar-refractivity contribution in [3.05, 3.63) is 144 Å². The highest BCUT2D eigenvalue weighted by Gasteiger charge is 2.32. The lowest BCUT2D eigenvalue weighted by Crippen LogP contribution is -2.28. The van der Waals surface area contributed by atoms with Gasteiger partial charge >= 0.3 is 0 Å². The summed E-state index contributed by atoms with van der Waals surface area (Å²) in [7, 11) is 0. The van der Waals surface area contributed by atoms with Gasteiger partial charge in [-0.2, -0.15) is 0 Å². The summed E-state index contributed by atoms with van der Waals surface area (Å²) in [4.78, 5) is 50.8. The Hall–Kier alpha value is -6.02. The molecule has 5 aromatic carbocycles. The summed E-state index contributed by atoms with van der Waals surface area (Å²) in [6.07, 6.45) is 0.970. The van der Waals surface area contributed by atoms with E-state index >= 15 is 0 Å². The summed E-state index contributed by atoms with van der Waals surface area (Å²) in [5, 5.41) is 0. The maximum absolute atomic E-state index is 12.1. The van der Waals surface area contributed by atoms with Crippen LogP contribution in [0.3, 0.4) is 0 Å². The van der Waals surface area contributed by atoms with Gasteiger partial charge in [0.15, 0.2) is 0 Å². The molecule has 2 saturated heterocycles. The Morgan fingerprint density at radius 2 is 0.708 bits per heavy atom. The zero-order valence-electron chi connectivity index (χ0n) is 26.3. The van der Waals surface area contributed by atoms with Gasteiger partial charge < -0.3 is 9.47 Å². The van der Waals surface area contributed by atoms with Crippen molar-refractivity contribution in [2.24, 2.45) is 0 Å². The lowest BCUT2D eigenvalue weighted by Gasteiger charge is -2.32. The van der Waals surface area contributed by atoms with Gasteiger partial charge in [-0.3, -0.25) is 29.0 Å². The second-order valence-corrected chi connectivity index (χ2v) is 12.0. The number of nitrogens with zero attached hydrogens (tertiary/aromatic N) is 2. The fraction of sp³-hybridized carbons (Fsp3) is 0.150.